The van der Waals surface area contributed by atoms with E-state index in [1.54, 1.807) is 14.2 Å². The van der Waals surface area contributed by atoms with Crippen LogP contribution in [0.3, 0.4) is 0 Å². The van der Waals surface area contributed by atoms with Gasteiger partial charge in [0.25, 0.3) is 0 Å². The predicted octanol–water partition coefficient (Wildman–Crippen LogP) is -0.0414. The molecule has 0 aromatic heterocycles. The number of piperazine rings is 1. The molecular formula is C12H27N3O2. The second-order valence-electron chi connectivity index (χ2n) is 5.14. The van der Waals surface area contributed by atoms with E-state index in [0.717, 1.165) is 19.6 Å². The van der Waals surface area contributed by atoms with Gasteiger partial charge in [0.2, 0.25) is 0 Å². The summed E-state index contributed by atoms with van der Waals surface area (Å²) in [6.07, 6.45) is -0.289. The maximum atomic E-state index is 5.95. The second-order valence-corrected chi connectivity index (χ2v) is 5.14. The first-order chi connectivity index (χ1) is 7.99. The molecule has 0 bridgehead atoms. The van der Waals surface area contributed by atoms with Crippen molar-refractivity contribution in [1.82, 2.24) is 9.80 Å². The summed E-state index contributed by atoms with van der Waals surface area (Å²) in [6, 6.07) is 0.531. The van der Waals surface area contributed by atoms with Crippen molar-refractivity contribution in [3.63, 3.8) is 0 Å². The molecular weight excluding hydrogens is 218 g/mol. The Hall–Kier alpha value is -0.200. The molecule has 0 aromatic carbocycles. The normalized spacial score (nSPS) is 27.4. The Morgan fingerprint density at radius 1 is 1.35 bits per heavy atom. The van der Waals surface area contributed by atoms with Gasteiger partial charge in [0.15, 0.2) is 6.29 Å². The Kier molecular flexibility index (Phi) is 5.34. The molecule has 2 atom stereocenters. The number of nitrogens with zero attached hydrogens (tertiary/aromatic N) is 2. The topological polar surface area (TPSA) is 51.0 Å². The highest BCUT2D eigenvalue weighted by Gasteiger charge is 2.41. The molecule has 1 rings (SSSR count). The average molecular weight is 245 g/mol. The van der Waals surface area contributed by atoms with E-state index < -0.39 is 0 Å². The van der Waals surface area contributed by atoms with Gasteiger partial charge >= 0.3 is 0 Å². The number of hydrogen-bond acceptors (Lipinski definition) is 5. The Bertz CT molecular complexity index is 236. The lowest BCUT2D eigenvalue weighted by molar-refractivity contribution is -0.187. The Labute approximate surface area is 105 Å². The number of rotatable bonds is 5. The van der Waals surface area contributed by atoms with Gasteiger partial charge in [-0.05, 0) is 20.9 Å². The van der Waals surface area contributed by atoms with Crippen molar-refractivity contribution >= 4 is 0 Å². The standard InChI is InChI=1S/C12H27N3O2/c1-10-8-15(7-6-14(10)3)12(2,9-13)11(16-4)17-5/h10-11H,6-9,13H2,1-5H3. The fourth-order valence-corrected chi connectivity index (χ4v) is 2.49. The van der Waals surface area contributed by atoms with E-state index in [1.165, 1.54) is 0 Å². The zero-order chi connectivity index (χ0) is 13.1. The summed E-state index contributed by atoms with van der Waals surface area (Å²) in [5.41, 5.74) is 5.69. The zero-order valence-electron chi connectivity index (χ0n) is 11.8. The highest BCUT2D eigenvalue weighted by atomic mass is 16.7. The van der Waals surface area contributed by atoms with Crippen LogP contribution in [-0.4, -0.2) is 75.1 Å². The molecule has 1 fully saturated rings. The monoisotopic (exact) mass is 245 g/mol. The van der Waals surface area contributed by atoms with Gasteiger partial charge in [0, 0.05) is 46.4 Å². The number of likely N-dealkylation sites (N-methyl/N-ethyl adjacent to an activating group) is 1. The predicted molar refractivity (Wildman–Crippen MR) is 68.9 cm³/mol. The molecule has 2 N–H and O–H groups in total. The van der Waals surface area contributed by atoms with Gasteiger partial charge in [-0.3, -0.25) is 4.90 Å². The summed E-state index contributed by atoms with van der Waals surface area (Å²) in [7, 11) is 5.50. The quantitative estimate of drug-likeness (QED) is 0.689. The van der Waals surface area contributed by atoms with Crippen molar-refractivity contribution in [1.29, 1.82) is 0 Å². The minimum absolute atomic E-state index is 0.265. The first-order valence-corrected chi connectivity index (χ1v) is 6.20. The van der Waals surface area contributed by atoms with Crippen molar-refractivity contribution in [3.8, 4) is 0 Å². The van der Waals surface area contributed by atoms with Crippen LogP contribution in [0, 0.1) is 0 Å². The number of methoxy groups -OCH3 is 2. The maximum absolute atomic E-state index is 5.95. The van der Waals surface area contributed by atoms with Crippen molar-refractivity contribution < 1.29 is 9.47 Å². The maximum Gasteiger partial charge on any atom is 0.176 e. The van der Waals surface area contributed by atoms with Crippen LogP contribution in [0.4, 0.5) is 0 Å². The van der Waals surface area contributed by atoms with Gasteiger partial charge < -0.3 is 20.1 Å². The molecule has 5 nitrogen and oxygen atoms in total. The van der Waals surface area contributed by atoms with Crippen LogP contribution in [0.25, 0.3) is 0 Å². The second kappa shape index (κ2) is 6.11. The zero-order valence-corrected chi connectivity index (χ0v) is 11.8. The lowest BCUT2D eigenvalue weighted by Gasteiger charge is -2.49. The first-order valence-electron chi connectivity index (χ1n) is 6.20. The molecule has 5 heteroatoms. The van der Waals surface area contributed by atoms with E-state index in [0.29, 0.717) is 12.6 Å². The molecule has 0 radical (unpaired) electrons. The molecule has 1 aliphatic heterocycles. The minimum atomic E-state index is -0.289. The summed E-state index contributed by atoms with van der Waals surface area (Å²) >= 11 is 0. The van der Waals surface area contributed by atoms with Crippen molar-refractivity contribution in [2.24, 2.45) is 5.73 Å². The van der Waals surface area contributed by atoms with E-state index in [4.69, 9.17) is 15.2 Å². The first kappa shape index (κ1) is 14.9. The van der Waals surface area contributed by atoms with Gasteiger partial charge in [-0.25, -0.2) is 0 Å². The lowest BCUT2D eigenvalue weighted by atomic mass is 9.96. The highest BCUT2D eigenvalue weighted by Crippen LogP contribution is 2.24. The number of nitrogens with two attached hydrogens (primary N) is 1. The van der Waals surface area contributed by atoms with Crippen LogP contribution in [-0.2, 0) is 9.47 Å². The summed E-state index contributed by atoms with van der Waals surface area (Å²) in [4.78, 5) is 4.75. The van der Waals surface area contributed by atoms with Crippen LogP contribution in [0.2, 0.25) is 0 Å². The van der Waals surface area contributed by atoms with Gasteiger partial charge in [-0.15, -0.1) is 0 Å². The Morgan fingerprint density at radius 3 is 2.35 bits per heavy atom. The third-order valence-corrected chi connectivity index (χ3v) is 4.03. The summed E-state index contributed by atoms with van der Waals surface area (Å²) in [6.45, 7) is 7.91. The fraction of sp³-hybridized carbons (Fsp3) is 1.00. The van der Waals surface area contributed by atoms with Crippen LogP contribution in [0.5, 0.6) is 0 Å². The fourth-order valence-electron chi connectivity index (χ4n) is 2.49. The average Bonchev–Trinajstić information content (AvgIpc) is 2.33. The molecule has 0 saturated carbocycles. The molecule has 2 unspecified atom stereocenters. The largest absolute Gasteiger partial charge is 0.354 e. The molecule has 1 aliphatic rings. The summed E-state index contributed by atoms with van der Waals surface area (Å²) < 4.78 is 10.8. The van der Waals surface area contributed by atoms with Crippen LogP contribution < -0.4 is 5.73 Å². The molecule has 1 heterocycles. The number of ether oxygens (including phenoxy) is 2. The van der Waals surface area contributed by atoms with Gasteiger partial charge in [0.1, 0.15) is 0 Å². The summed E-state index contributed by atoms with van der Waals surface area (Å²) in [5.74, 6) is 0. The Morgan fingerprint density at radius 2 is 1.94 bits per heavy atom. The van der Waals surface area contributed by atoms with Crippen molar-refractivity contribution in [3.05, 3.63) is 0 Å². The van der Waals surface area contributed by atoms with Crippen LogP contribution in [0.15, 0.2) is 0 Å². The smallest absolute Gasteiger partial charge is 0.176 e. The molecule has 0 amide bonds. The van der Waals surface area contributed by atoms with E-state index >= 15 is 0 Å². The number of hydrogen-bond donors (Lipinski definition) is 1. The molecule has 0 spiro atoms. The third kappa shape index (κ3) is 2.98. The lowest BCUT2D eigenvalue weighted by Crippen LogP contribution is -2.65. The van der Waals surface area contributed by atoms with Crippen LogP contribution in [0.1, 0.15) is 13.8 Å². The highest BCUT2D eigenvalue weighted by molar-refractivity contribution is 4.94. The van der Waals surface area contributed by atoms with Crippen molar-refractivity contribution in [2.45, 2.75) is 31.7 Å². The minimum Gasteiger partial charge on any atom is -0.354 e. The van der Waals surface area contributed by atoms with Gasteiger partial charge in [0.05, 0.1) is 5.54 Å². The summed E-state index contributed by atoms with van der Waals surface area (Å²) in [5, 5.41) is 0. The van der Waals surface area contributed by atoms with E-state index in [2.05, 4.69) is 30.7 Å². The van der Waals surface area contributed by atoms with E-state index in [-0.39, 0.29) is 11.8 Å². The SMILES string of the molecule is COC(OC)C(C)(CN)N1CCN(C)C(C)C1. The molecule has 1 saturated heterocycles. The molecule has 0 aliphatic carbocycles. The van der Waals surface area contributed by atoms with Gasteiger partial charge in [-0.1, -0.05) is 0 Å². The third-order valence-electron chi connectivity index (χ3n) is 4.03. The molecule has 17 heavy (non-hydrogen) atoms. The van der Waals surface area contributed by atoms with Crippen LogP contribution >= 0.6 is 0 Å². The van der Waals surface area contributed by atoms with Crippen molar-refractivity contribution in [2.75, 3.05) is 47.4 Å². The van der Waals surface area contributed by atoms with Gasteiger partial charge in [-0.2, -0.15) is 0 Å². The van der Waals surface area contributed by atoms with E-state index in [9.17, 15) is 0 Å². The molecule has 102 valence electrons. The Balaban J connectivity index is 2.79. The van der Waals surface area contributed by atoms with E-state index in [1.807, 2.05) is 0 Å². The molecule has 0 aromatic rings.